The summed E-state index contributed by atoms with van der Waals surface area (Å²) in [6, 6.07) is 11.0. The third kappa shape index (κ3) is 4.86. The van der Waals surface area contributed by atoms with Gasteiger partial charge in [-0.25, -0.2) is 0 Å². The second-order valence-corrected chi connectivity index (χ2v) is 7.82. The summed E-state index contributed by atoms with van der Waals surface area (Å²) in [4.78, 5) is 14.8. The SMILES string of the molecule is CC(C)n1cnnc1SCC(=O)NCC(c1ccccc1)N1CCCC1. The van der Waals surface area contributed by atoms with Gasteiger partial charge in [-0.2, -0.15) is 0 Å². The molecule has 6 nitrogen and oxygen atoms in total. The summed E-state index contributed by atoms with van der Waals surface area (Å²) in [5.74, 6) is 0.390. The van der Waals surface area contributed by atoms with Crippen molar-refractivity contribution in [2.45, 2.75) is 43.9 Å². The Morgan fingerprint density at radius 3 is 2.65 bits per heavy atom. The zero-order chi connectivity index (χ0) is 18.4. The lowest BCUT2D eigenvalue weighted by Gasteiger charge is -2.28. The second kappa shape index (κ2) is 9.19. The Bertz CT molecular complexity index is 697. The molecule has 1 aliphatic rings. The molecule has 1 aliphatic heterocycles. The fourth-order valence-electron chi connectivity index (χ4n) is 3.27. The number of aromatic nitrogens is 3. The molecule has 1 fully saturated rings. The van der Waals surface area contributed by atoms with Gasteiger partial charge in [-0.15, -0.1) is 10.2 Å². The molecule has 0 aliphatic carbocycles. The molecule has 0 radical (unpaired) electrons. The van der Waals surface area contributed by atoms with Crippen LogP contribution in [0.15, 0.2) is 41.8 Å². The quantitative estimate of drug-likeness (QED) is 0.721. The number of carbonyl (C=O) groups excluding carboxylic acids is 1. The first-order valence-electron chi connectivity index (χ1n) is 9.23. The molecule has 1 atom stereocenters. The first-order valence-corrected chi connectivity index (χ1v) is 10.2. The van der Waals surface area contributed by atoms with E-state index in [2.05, 4.69) is 58.5 Å². The highest BCUT2D eigenvalue weighted by molar-refractivity contribution is 7.99. The number of hydrogen-bond acceptors (Lipinski definition) is 5. The molecule has 1 aromatic carbocycles. The first kappa shape index (κ1) is 18.9. The van der Waals surface area contributed by atoms with Gasteiger partial charge in [0.2, 0.25) is 5.91 Å². The summed E-state index contributed by atoms with van der Waals surface area (Å²) in [5.41, 5.74) is 1.27. The Balaban J connectivity index is 1.55. The van der Waals surface area contributed by atoms with Crippen LogP contribution in [0.1, 0.15) is 44.3 Å². The van der Waals surface area contributed by atoms with Crippen molar-refractivity contribution in [1.82, 2.24) is 25.0 Å². The zero-order valence-corrected chi connectivity index (χ0v) is 16.3. The van der Waals surface area contributed by atoms with Gasteiger partial charge in [0.15, 0.2) is 5.16 Å². The minimum absolute atomic E-state index is 0.0356. The Morgan fingerprint density at radius 2 is 1.96 bits per heavy atom. The minimum Gasteiger partial charge on any atom is -0.353 e. The summed E-state index contributed by atoms with van der Waals surface area (Å²) >= 11 is 1.43. The lowest BCUT2D eigenvalue weighted by Crippen LogP contribution is -2.37. The maximum Gasteiger partial charge on any atom is 0.230 e. The smallest absolute Gasteiger partial charge is 0.230 e. The van der Waals surface area contributed by atoms with Crippen molar-refractivity contribution < 1.29 is 4.79 Å². The third-order valence-corrected chi connectivity index (χ3v) is 5.64. The Kier molecular flexibility index (Phi) is 6.68. The summed E-state index contributed by atoms with van der Waals surface area (Å²) < 4.78 is 1.98. The fourth-order valence-corrected chi connectivity index (χ4v) is 4.14. The molecular weight excluding hydrogens is 346 g/mol. The Labute approximate surface area is 159 Å². The van der Waals surface area contributed by atoms with Crippen LogP contribution in [0.4, 0.5) is 0 Å². The normalized spacial score (nSPS) is 16.1. The van der Waals surface area contributed by atoms with E-state index in [4.69, 9.17) is 0 Å². The van der Waals surface area contributed by atoms with Gasteiger partial charge in [0.1, 0.15) is 6.33 Å². The molecule has 2 aromatic rings. The summed E-state index contributed by atoms with van der Waals surface area (Å²) in [7, 11) is 0. The second-order valence-electron chi connectivity index (χ2n) is 6.88. The molecule has 1 aromatic heterocycles. The molecule has 26 heavy (non-hydrogen) atoms. The van der Waals surface area contributed by atoms with Crippen LogP contribution >= 0.6 is 11.8 Å². The van der Waals surface area contributed by atoms with Crippen molar-refractivity contribution in [1.29, 1.82) is 0 Å². The predicted molar refractivity (Wildman–Crippen MR) is 104 cm³/mol. The third-order valence-electron chi connectivity index (χ3n) is 4.69. The van der Waals surface area contributed by atoms with E-state index in [0.29, 0.717) is 12.3 Å². The highest BCUT2D eigenvalue weighted by Crippen LogP contribution is 2.24. The number of thioether (sulfide) groups is 1. The molecule has 1 saturated heterocycles. The number of nitrogens with one attached hydrogen (secondary N) is 1. The van der Waals surface area contributed by atoms with E-state index in [0.717, 1.165) is 18.2 Å². The first-order chi connectivity index (χ1) is 12.6. The van der Waals surface area contributed by atoms with E-state index in [1.165, 1.54) is 30.2 Å². The predicted octanol–water partition coefficient (Wildman–Crippen LogP) is 2.90. The van der Waals surface area contributed by atoms with E-state index < -0.39 is 0 Å². The average Bonchev–Trinajstić information content (AvgIpc) is 3.33. The van der Waals surface area contributed by atoms with Crippen LogP contribution in [0, 0.1) is 0 Å². The van der Waals surface area contributed by atoms with Crippen LogP contribution in [-0.2, 0) is 4.79 Å². The number of rotatable bonds is 8. The summed E-state index contributed by atoms with van der Waals surface area (Å²) in [5, 5.41) is 11.9. The average molecular weight is 374 g/mol. The molecular formula is C19H27N5OS. The lowest BCUT2D eigenvalue weighted by atomic mass is 10.1. The van der Waals surface area contributed by atoms with Crippen molar-refractivity contribution >= 4 is 17.7 Å². The van der Waals surface area contributed by atoms with Gasteiger partial charge in [-0.1, -0.05) is 42.1 Å². The largest absolute Gasteiger partial charge is 0.353 e. The lowest BCUT2D eigenvalue weighted by molar-refractivity contribution is -0.118. The molecule has 2 heterocycles. The van der Waals surface area contributed by atoms with Crippen molar-refractivity contribution in [3.05, 3.63) is 42.2 Å². The van der Waals surface area contributed by atoms with Crippen molar-refractivity contribution in [3.8, 4) is 0 Å². The van der Waals surface area contributed by atoms with E-state index in [-0.39, 0.29) is 18.0 Å². The van der Waals surface area contributed by atoms with E-state index in [1.54, 1.807) is 6.33 Å². The summed E-state index contributed by atoms with van der Waals surface area (Å²) in [6.07, 6.45) is 4.18. The maximum absolute atomic E-state index is 12.4. The highest BCUT2D eigenvalue weighted by atomic mass is 32.2. The topological polar surface area (TPSA) is 63.1 Å². The van der Waals surface area contributed by atoms with Crippen LogP contribution in [-0.4, -0.2) is 51.0 Å². The van der Waals surface area contributed by atoms with Gasteiger partial charge >= 0.3 is 0 Å². The molecule has 1 unspecified atom stereocenters. The van der Waals surface area contributed by atoms with Crippen LogP contribution in [0.5, 0.6) is 0 Å². The minimum atomic E-state index is 0.0356. The van der Waals surface area contributed by atoms with Gasteiger partial charge in [-0.3, -0.25) is 9.69 Å². The van der Waals surface area contributed by atoms with Gasteiger partial charge in [0.05, 0.1) is 11.8 Å². The highest BCUT2D eigenvalue weighted by Gasteiger charge is 2.23. The molecule has 0 spiro atoms. The molecule has 0 bridgehead atoms. The molecule has 140 valence electrons. The zero-order valence-electron chi connectivity index (χ0n) is 15.5. The van der Waals surface area contributed by atoms with Crippen LogP contribution < -0.4 is 5.32 Å². The number of nitrogens with zero attached hydrogens (tertiary/aromatic N) is 4. The Hall–Kier alpha value is -1.86. The monoisotopic (exact) mass is 373 g/mol. The summed E-state index contributed by atoms with van der Waals surface area (Å²) in [6.45, 7) is 6.99. The molecule has 1 N–H and O–H groups in total. The maximum atomic E-state index is 12.4. The van der Waals surface area contributed by atoms with E-state index in [1.807, 2.05) is 10.6 Å². The van der Waals surface area contributed by atoms with Crippen molar-refractivity contribution in [2.24, 2.45) is 0 Å². The molecule has 7 heteroatoms. The van der Waals surface area contributed by atoms with Crippen LogP contribution in [0.3, 0.4) is 0 Å². The van der Waals surface area contributed by atoms with Gasteiger partial charge < -0.3 is 9.88 Å². The molecule has 3 rings (SSSR count). The van der Waals surface area contributed by atoms with Gasteiger partial charge in [-0.05, 0) is 45.3 Å². The van der Waals surface area contributed by atoms with Gasteiger partial charge in [0.25, 0.3) is 0 Å². The van der Waals surface area contributed by atoms with Crippen molar-refractivity contribution in [3.63, 3.8) is 0 Å². The van der Waals surface area contributed by atoms with Crippen LogP contribution in [0.2, 0.25) is 0 Å². The number of benzene rings is 1. The molecule has 1 amide bonds. The standard InChI is InChI=1S/C19H27N5OS/c1-15(2)24-14-21-22-19(24)26-13-18(25)20-12-17(23-10-6-7-11-23)16-8-4-3-5-9-16/h3-5,8-9,14-15,17H,6-7,10-13H2,1-2H3,(H,20,25). The van der Waals surface area contributed by atoms with Gasteiger partial charge in [0, 0.05) is 12.6 Å². The van der Waals surface area contributed by atoms with Crippen molar-refractivity contribution in [2.75, 3.05) is 25.4 Å². The number of amides is 1. The van der Waals surface area contributed by atoms with E-state index in [9.17, 15) is 4.79 Å². The van der Waals surface area contributed by atoms with Crippen LogP contribution in [0.25, 0.3) is 0 Å². The number of likely N-dealkylation sites (tertiary alicyclic amines) is 1. The fraction of sp³-hybridized carbons (Fsp3) is 0.526. The number of carbonyl (C=O) groups is 1. The molecule has 0 saturated carbocycles. The number of hydrogen-bond donors (Lipinski definition) is 1. The Morgan fingerprint density at radius 1 is 1.23 bits per heavy atom. The van der Waals surface area contributed by atoms with E-state index >= 15 is 0 Å².